The van der Waals surface area contributed by atoms with Gasteiger partial charge >= 0.3 is 0 Å². The van der Waals surface area contributed by atoms with Crippen LogP contribution >= 0.6 is 15.9 Å². The maximum atomic E-state index is 12.3. The summed E-state index contributed by atoms with van der Waals surface area (Å²) in [5, 5.41) is 17.5. The molecule has 0 spiro atoms. The standard InChI is InChI=1S/C8H5BrF2N2O/c9-7-6(14)5(8(10)11)3-4(13-7)1-2-12/h3,8,14H,1H2. The first kappa shape index (κ1) is 10.9. The van der Waals surface area contributed by atoms with Crippen LogP contribution in [0.4, 0.5) is 8.78 Å². The molecule has 0 aliphatic heterocycles. The molecule has 0 radical (unpaired) electrons. The van der Waals surface area contributed by atoms with E-state index in [4.69, 9.17) is 5.26 Å². The third-order valence-electron chi connectivity index (χ3n) is 1.53. The number of nitrogens with zero attached hydrogens (tertiary/aromatic N) is 2. The SMILES string of the molecule is N#CCc1cc(C(F)F)c(O)c(Br)n1. The number of hydrogen-bond donors (Lipinski definition) is 1. The molecule has 0 aromatic carbocycles. The second-order valence-electron chi connectivity index (χ2n) is 2.48. The molecule has 0 unspecified atom stereocenters. The fraction of sp³-hybridized carbons (Fsp3) is 0.250. The molecule has 1 aromatic heterocycles. The minimum Gasteiger partial charge on any atom is -0.505 e. The maximum absolute atomic E-state index is 12.3. The van der Waals surface area contributed by atoms with E-state index in [0.717, 1.165) is 6.07 Å². The average molecular weight is 263 g/mol. The van der Waals surface area contributed by atoms with Crippen molar-refractivity contribution in [2.24, 2.45) is 0 Å². The third kappa shape index (κ3) is 2.17. The summed E-state index contributed by atoms with van der Waals surface area (Å²) < 4.78 is 24.6. The molecule has 0 fully saturated rings. The molecule has 0 aliphatic carbocycles. The van der Waals surface area contributed by atoms with Crippen LogP contribution in [0.3, 0.4) is 0 Å². The van der Waals surface area contributed by atoms with Crippen LogP contribution in [0, 0.1) is 11.3 Å². The molecule has 14 heavy (non-hydrogen) atoms. The summed E-state index contributed by atoms with van der Waals surface area (Å²) >= 11 is 2.83. The van der Waals surface area contributed by atoms with Gasteiger partial charge in [0.1, 0.15) is 4.60 Å². The lowest BCUT2D eigenvalue weighted by molar-refractivity contribution is 0.147. The largest absolute Gasteiger partial charge is 0.505 e. The minimum absolute atomic E-state index is 0.0689. The van der Waals surface area contributed by atoms with E-state index in [-0.39, 0.29) is 16.7 Å². The number of rotatable bonds is 2. The Morgan fingerprint density at radius 3 is 2.79 bits per heavy atom. The zero-order valence-electron chi connectivity index (χ0n) is 6.84. The van der Waals surface area contributed by atoms with Crippen molar-refractivity contribution >= 4 is 15.9 Å². The Hall–Kier alpha value is -1.22. The molecule has 6 heteroatoms. The summed E-state index contributed by atoms with van der Waals surface area (Å²) in [6.45, 7) is 0. The molecule has 3 nitrogen and oxygen atoms in total. The van der Waals surface area contributed by atoms with Gasteiger partial charge in [-0.05, 0) is 22.0 Å². The minimum atomic E-state index is -2.79. The predicted octanol–water partition coefficient (Wildman–Crippen LogP) is 2.55. The molecule has 0 amide bonds. The van der Waals surface area contributed by atoms with Crippen molar-refractivity contribution < 1.29 is 13.9 Å². The summed E-state index contributed by atoms with van der Waals surface area (Å²) in [4.78, 5) is 3.72. The summed E-state index contributed by atoms with van der Waals surface area (Å²) in [6, 6.07) is 2.81. The van der Waals surface area contributed by atoms with Gasteiger partial charge in [0, 0.05) is 0 Å². The highest BCUT2D eigenvalue weighted by Gasteiger charge is 2.17. The zero-order valence-corrected chi connectivity index (χ0v) is 8.42. The summed E-state index contributed by atoms with van der Waals surface area (Å²) in [7, 11) is 0. The van der Waals surface area contributed by atoms with E-state index < -0.39 is 17.7 Å². The lowest BCUT2D eigenvalue weighted by Crippen LogP contribution is -1.95. The van der Waals surface area contributed by atoms with E-state index >= 15 is 0 Å². The van der Waals surface area contributed by atoms with Crippen molar-refractivity contribution in [3.05, 3.63) is 21.9 Å². The van der Waals surface area contributed by atoms with E-state index in [1.165, 1.54) is 0 Å². The van der Waals surface area contributed by atoms with Gasteiger partial charge in [-0.3, -0.25) is 0 Å². The summed E-state index contributed by atoms with van der Waals surface area (Å²) in [5.74, 6) is -0.582. The van der Waals surface area contributed by atoms with Crippen LogP contribution < -0.4 is 0 Å². The van der Waals surface area contributed by atoms with E-state index in [1.54, 1.807) is 6.07 Å². The molecule has 0 atom stereocenters. The van der Waals surface area contributed by atoms with Crippen molar-refractivity contribution in [3.8, 4) is 11.8 Å². The molecule has 74 valence electrons. The number of alkyl halides is 2. The molecule has 1 rings (SSSR count). The number of nitriles is 1. The third-order valence-corrected chi connectivity index (χ3v) is 2.08. The normalized spacial score (nSPS) is 10.2. The number of pyridine rings is 1. The van der Waals surface area contributed by atoms with Crippen molar-refractivity contribution in [1.29, 1.82) is 5.26 Å². The first-order chi connectivity index (χ1) is 6.56. The fourth-order valence-corrected chi connectivity index (χ4v) is 1.37. The van der Waals surface area contributed by atoms with Gasteiger partial charge in [0.2, 0.25) is 0 Å². The Kier molecular flexibility index (Phi) is 3.36. The first-order valence-electron chi connectivity index (χ1n) is 3.59. The molecule has 0 bridgehead atoms. The zero-order chi connectivity index (χ0) is 10.7. The van der Waals surface area contributed by atoms with Crippen molar-refractivity contribution in [2.75, 3.05) is 0 Å². The van der Waals surface area contributed by atoms with E-state index in [2.05, 4.69) is 20.9 Å². The highest BCUT2D eigenvalue weighted by Crippen LogP contribution is 2.33. The van der Waals surface area contributed by atoms with Gasteiger partial charge < -0.3 is 5.11 Å². The number of halogens is 3. The predicted molar refractivity (Wildman–Crippen MR) is 47.9 cm³/mol. The number of hydrogen-bond acceptors (Lipinski definition) is 3. The monoisotopic (exact) mass is 262 g/mol. The van der Waals surface area contributed by atoms with E-state index in [0.29, 0.717) is 0 Å². The fourth-order valence-electron chi connectivity index (χ4n) is 0.916. The molecule has 1 N–H and O–H groups in total. The van der Waals surface area contributed by atoms with Gasteiger partial charge in [-0.15, -0.1) is 0 Å². The Labute approximate surface area is 87.1 Å². The number of aromatic nitrogens is 1. The van der Waals surface area contributed by atoms with Gasteiger partial charge in [0.15, 0.2) is 5.75 Å². The lowest BCUT2D eigenvalue weighted by Gasteiger charge is -2.06. The van der Waals surface area contributed by atoms with Gasteiger partial charge in [0.05, 0.1) is 23.7 Å². The molecule has 0 saturated carbocycles. The molecule has 0 saturated heterocycles. The highest BCUT2D eigenvalue weighted by atomic mass is 79.9. The molecule has 0 aliphatic rings. The van der Waals surface area contributed by atoms with E-state index in [1.807, 2.05) is 0 Å². The van der Waals surface area contributed by atoms with Gasteiger partial charge in [0.25, 0.3) is 6.43 Å². The molecular weight excluding hydrogens is 258 g/mol. The van der Waals surface area contributed by atoms with Crippen LogP contribution in [0.25, 0.3) is 0 Å². The van der Waals surface area contributed by atoms with Crippen LogP contribution in [-0.4, -0.2) is 10.1 Å². The van der Waals surface area contributed by atoms with Crippen LogP contribution in [0.1, 0.15) is 17.7 Å². The van der Waals surface area contributed by atoms with E-state index in [9.17, 15) is 13.9 Å². The molecular formula is C8H5BrF2N2O. The molecule has 1 aromatic rings. The van der Waals surface area contributed by atoms with Gasteiger partial charge in [-0.1, -0.05) is 0 Å². The second-order valence-corrected chi connectivity index (χ2v) is 3.23. The Bertz CT molecular complexity index is 390. The van der Waals surface area contributed by atoms with Gasteiger partial charge in [-0.25, -0.2) is 13.8 Å². The Balaban J connectivity index is 3.22. The first-order valence-corrected chi connectivity index (χ1v) is 4.39. The van der Waals surface area contributed by atoms with Crippen molar-refractivity contribution in [3.63, 3.8) is 0 Å². The number of aromatic hydroxyl groups is 1. The maximum Gasteiger partial charge on any atom is 0.267 e. The topological polar surface area (TPSA) is 56.9 Å². The smallest absolute Gasteiger partial charge is 0.267 e. The second kappa shape index (κ2) is 4.33. The van der Waals surface area contributed by atoms with Crippen molar-refractivity contribution in [2.45, 2.75) is 12.8 Å². The summed E-state index contributed by atoms with van der Waals surface area (Å²) in [5.41, 5.74) is -0.315. The quantitative estimate of drug-likeness (QED) is 0.834. The van der Waals surface area contributed by atoms with Gasteiger partial charge in [-0.2, -0.15) is 5.26 Å². The van der Waals surface area contributed by atoms with Crippen LogP contribution in [0.5, 0.6) is 5.75 Å². The van der Waals surface area contributed by atoms with Crippen LogP contribution in [0.15, 0.2) is 10.7 Å². The van der Waals surface area contributed by atoms with Crippen LogP contribution in [-0.2, 0) is 6.42 Å². The Morgan fingerprint density at radius 1 is 1.64 bits per heavy atom. The Morgan fingerprint density at radius 2 is 2.29 bits per heavy atom. The summed E-state index contributed by atoms with van der Waals surface area (Å²) in [6.07, 6.45) is -2.86. The van der Waals surface area contributed by atoms with Crippen molar-refractivity contribution in [1.82, 2.24) is 4.98 Å². The molecule has 1 heterocycles. The average Bonchev–Trinajstić information content (AvgIpc) is 2.11. The van der Waals surface area contributed by atoms with Crippen LogP contribution in [0.2, 0.25) is 0 Å². The highest BCUT2D eigenvalue weighted by molar-refractivity contribution is 9.10. The lowest BCUT2D eigenvalue weighted by atomic mass is 10.2.